The minimum Gasteiger partial charge on any atom is -0.329 e. The van der Waals surface area contributed by atoms with Crippen LogP contribution >= 0.6 is 0 Å². The lowest BCUT2D eigenvalue weighted by Crippen LogP contribution is -2.35. The van der Waals surface area contributed by atoms with Crippen LogP contribution in [0.15, 0.2) is 24.3 Å². The Kier molecular flexibility index (Phi) is 4.24. The summed E-state index contributed by atoms with van der Waals surface area (Å²) in [5.41, 5.74) is 6.54. The molecule has 2 nitrogen and oxygen atoms in total. The van der Waals surface area contributed by atoms with Gasteiger partial charge in [0.1, 0.15) is 5.82 Å². The van der Waals surface area contributed by atoms with E-state index in [1.54, 1.807) is 0 Å². The molecule has 0 saturated heterocycles. The van der Waals surface area contributed by atoms with Crippen molar-refractivity contribution in [2.75, 3.05) is 19.6 Å². The molecule has 0 saturated carbocycles. The van der Waals surface area contributed by atoms with Gasteiger partial charge in [0.25, 0.3) is 0 Å². The SMILES string of the molecule is CC(C)(CNCCN)c1ccc(F)cc1. The van der Waals surface area contributed by atoms with E-state index in [0.717, 1.165) is 18.7 Å². The van der Waals surface area contributed by atoms with Gasteiger partial charge in [-0.05, 0) is 17.7 Å². The molecule has 3 heteroatoms. The van der Waals surface area contributed by atoms with Crippen molar-refractivity contribution < 1.29 is 4.39 Å². The molecular formula is C12H19FN2. The summed E-state index contributed by atoms with van der Waals surface area (Å²) in [6.45, 7) is 6.55. The van der Waals surface area contributed by atoms with Crippen molar-refractivity contribution in [3.05, 3.63) is 35.6 Å². The first kappa shape index (κ1) is 12.1. The molecule has 0 aliphatic rings. The summed E-state index contributed by atoms with van der Waals surface area (Å²) in [6.07, 6.45) is 0. The molecule has 0 aliphatic carbocycles. The van der Waals surface area contributed by atoms with Crippen molar-refractivity contribution in [3.63, 3.8) is 0 Å². The van der Waals surface area contributed by atoms with Crippen molar-refractivity contribution in [2.45, 2.75) is 19.3 Å². The fraction of sp³-hybridized carbons (Fsp3) is 0.500. The number of nitrogens with two attached hydrogens (primary N) is 1. The van der Waals surface area contributed by atoms with E-state index < -0.39 is 0 Å². The van der Waals surface area contributed by atoms with E-state index in [-0.39, 0.29) is 11.2 Å². The molecule has 0 aliphatic heterocycles. The Balaban J connectivity index is 2.63. The standard InChI is InChI=1S/C12H19FN2/c1-12(2,9-15-8-7-14)10-3-5-11(13)6-4-10/h3-6,15H,7-9,14H2,1-2H3. The lowest BCUT2D eigenvalue weighted by molar-refractivity contribution is 0.472. The number of benzene rings is 1. The molecule has 0 heterocycles. The highest BCUT2D eigenvalue weighted by Crippen LogP contribution is 2.22. The molecule has 1 aromatic rings. The highest BCUT2D eigenvalue weighted by Gasteiger charge is 2.19. The minimum atomic E-state index is -0.190. The van der Waals surface area contributed by atoms with Gasteiger partial charge in [-0.1, -0.05) is 26.0 Å². The van der Waals surface area contributed by atoms with Gasteiger partial charge in [-0.15, -0.1) is 0 Å². The number of hydrogen-bond acceptors (Lipinski definition) is 2. The third-order valence-corrected chi connectivity index (χ3v) is 2.51. The number of hydrogen-bond donors (Lipinski definition) is 2. The summed E-state index contributed by atoms with van der Waals surface area (Å²) in [4.78, 5) is 0. The maximum atomic E-state index is 12.7. The average molecular weight is 210 g/mol. The molecule has 0 atom stereocenters. The highest BCUT2D eigenvalue weighted by molar-refractivity contribution is 5.24. The van der Waals surface area contributed by atoms with Crippen molar-refractivity contribution >= 4 is 0 Å². The zero-order chi connectivity index (χ0) is 11.3. The molecule has 84 valence electrons. The van der Waals surface area contributed by atoms with Gasteiger partial charge in [0.2, 0.25) is 0 Å². The Morgan fingerprint density at radius 1 is 1.27 bits per heavy atom. The molecule has 3 N–H and O–H groups in total. The van der Waals surface area contributed by atoms with Crippen LogP contribution in [0.2, 0.25) is 0 Å². The predicted molar refractivity (Wildman–Crippen MR) is 61.4 cm³/mol. The average Bonchev–Trinajstić information content (AvgIpc) is 2.18. The summed E-state index contributed by atoms with van der Waals surface area (Å²) >= 11 is 0. The second-order valence-corrected chi connectivity index (χ2v) is 4.36. The van der Waals surface area contributed by atoms with Gasteiger partial charge in [-0.3, -0.25) is 0 Å². The summed E-state index contributed by atoms with van der Waals surface area (Å²) in [5, 5.41) is 3.27. The third kappa shape index (κ3) is 3.61. The van der Waals surface area contributed by atoms with Gasteiger partial charge in [-0.2, -0.15) is 0 Å². The molecule has 0 unspecified atom stereocenters. The molecule has 15 heavy (non-hydrogen) atoms. The fourth-order valence-electron chi connectivity index (χ4n) is 1.51. The Bertz CT molecular complexity index is 293. The summed E-state index contributed by atoms with van der Waals surface area (Å²) in [5.74, 6) is -0.190. The topological polar surface area (TPSA) is 38.0 Å². The van der Waals surface area contributed by atoms with E-state index >= 15 is 0 Å². The van der Waals surface area contributed by atoms with Crippen molar-refractivity contribution in [1.29, 1.82) is 0 Å². The molecule has 1 aromatic carbocycles. The second-order valence-electron chi connectivity index (χ2n) is 4.36. The van der Waals surface area contributed by atoms with Gasteiger partial charge in [0.15, 0.2) is 0 Å². The van der Waals surface area contributed by atoms with Crippen LogP contribution in [0.5, 0.6) is 0 Å². The molecule has 0 fully saturated rings. The van der Waals surface area contributed by atoms with Crippen LogP contribution in [0, 0.1) is 5.82 Å². The summed E-state index contributed by atoms with van der Waals surface area (Å²) in [6, 6.07) is 6.67. The summed E-state index contributed by atoms with van der Waals surface area (Å²) < 4.78 is 12.7. The van der Waals surface area contributed by atoms with Crippen molar-refractivity contribution in [1.82, 2.24) is 5.32 Å². The van der Waals surface area contributed by atoms with Crippen LogP contribution in [-0.4, -0.2) is 19.6 Å². The summed E-state index contributed by atoms with van der Waals surface area (Å²) in [7, 11) is 0. The zero-order valence-corrected chi connectivity index (χ0v) is 9.39. The van der Waals surface area contributed by atoms with Crippen LogP contribution in [0.3, 0.4) is 0 Å². The lowest BCUT2D eigenvalue weighted by atomic mass is 9.84. The molecule has 0 aromatic heterocycles. The van der Waals surface area contributed by atoms with E-state index in [2.05, 4.69) is 19.2 Å². The molecule has 0 bridgehead atoms. The smallest absolute Gasteiger partial charge is 0.123 e. The van der Waals surface area contributed by atoms with Crippen molar-refractivity contribution in [3.8, 4) is 0 Å². The Labute approximate surface area is 90.7 Å². The Morgan fingerprint density at radius 2 is 1.87 bits per heavy atom. The highest BCUT2D eigenvalue weighted by atomic mass is 19.1. The van der Waals surface area contributed by atoms with E-state index in [9.17, 15) is 4.39 Å². The van der Waals surface area contributed by atoms with Gasteiger partial charge in [-0.25, -0.2) is 4.39 Å². The molecule has 0 amide bonds. The van der Waals surface area contributed by atoms with Gasteiger partial charge in [0, 0.05) is 25.0 Å². The van der Waals surface area contributed by atoms with Crippen LogP contribution in [0.25, 0.3) is 0 Å². The molecule has 0 spiro atoms. The molecular weight excluding hydrogens is 191 g/mol. The predicted octanol–water partition coefficient (Wildman–Crippen LogP) is 1.65. The first-order valence-electron chi connectivity index (χ1n) is 5.23. The van der Waals surface area contributed by atoms with Gasteiger partial charge < -0.3 is 11.1 Å². The molecule has 1 rings (SSSR count). The van der Waals surface area contributed by atoms with Gasteiger partial charge >= 0.3 is 0 Å². The Morgan fingerprint density at radius 3 is 2.40 bits per heavy atom. The number of rotatable bonds is 5. The number of nitrogens with one attached hydrogen (secondary N) is 1. The lowest BCUT2D eigenvalue weighted by Gasteiger charge is -2.25. The fourth-order valence-corrected chi connectivity index (χ4v) is 1.51. The van der Waals surface area contributed by atoms with Crippen LogP contribution < -0.4 is 11.1 Å². The zero-order valence-electron chi connectivity index (χ0n) is 9.39. The van der Waals surface area contributed by atoms with E-state index in [1.807, 2.05) is 12.1 Å². The monoisotopic (exact) mass is 210 g/mol. The first-order chi connectivity index (χ1) is 7.06. The van der Waals surface area contributed by atoms with Crippen molar-refractivity contribution in [2.24, 2.45) is 5.73 Å². The third-order valence-electron chi connectivity index (χ3n) is 2.51. The normalized spacial score (nSPS) is 11.7. The van der Waals surface area contributed by atoms with Crippen LogP contribution in [-0.2, 0) is 5.41 Å². The molecule has 0 radical (unpaired) electrons. The van der Waals surface area contributed by atoms with Gasteiger partial charge in [0.05, 0.1) is 0 Å². The van der Waals surface area contributed by atoms with E-state index in [0.29, 0.717) is 6.54 Å². The quantitative estimate of drug-likeness (QED) is 0.725. The maximum absolute atomic E-state index is 12.7. The second kappa shape index (κ2) is 5.24. The first-order valence-corrected chi connectivity index (χ1v) is 5.23. The number of halogens is 1. The minimum absolute atomic E-state index is 0.00285. The largest absolute Gasteiger partial charge is 0.329 e. The Hall–Kier alpha value is -0.930. The maximum Gasteiger partial charge on any atom is 0.123 e. The van der Waals surface area contributed by atoms with E-state index in [4.69, 9.17) is 5.73 Å². The van der Waals surface area contributed by atoms with E-state index in [1.165, 1.54) is 12.1 Å². The van der Waals surface area contributed by atoms with Crippen LogP contribution in [0.1, 0.15) is 19.4 Å². The van der Waals surface area contributed by atoms with Crippen LogP contribution in [0.4, 0.5) is 4.39 Å².